The van der Waals surface area contributed by atoms with Gasteiger partial charge in [0.15, 0.2) is 5.82 Å². The number of fused-ring (bicyclic) bond motifs is 1. The molecule has 25 heavy (non-hydrogen) atoms. The first-order valence-electron chi connectivity index (χ1n) is 8.67. The molecule has 134 valence electrons. The molecular formula is C17H24N6O2. The summed E-state index contributed by atoms with van der Waals surface area (Å²) in [6, 6.07) is 2.65. The van der Waals surface area contributed by atoms with Crippen LogP contribution in [-0.2, 0) is 13.0 Å². The molecule has 3 N–H and O–H groups in total. The largest absolute Gasteiger partial charge is 0.342 e. The number of hydrogen-bond acceptors (Lipinski definition) is 5. The van der Waals surface area contributed by atoms with Crippen LogP contribution in [0.2, 0.25) is 0 Å². The third kappa shape index (κ3) is 4.14. The van der Waals surface area contributed by atoms with E-state index >= 15 is 0 Å². The van der Waals surface area contributed by atoms with Crippen LogP contribution >= 0.6 is 0 Å². The van der Waals surface area contributed by atoms with Crippen LogP contribution in [0.15, 0.2) is 23.1 Å². The van der Waals surface area contributed by atoms with Crippen molar-refractivity contribution in [3.05, 3.63) is 45.9 Å². The van der Waals surface area contributed by atoms with Crippen molar-refractivity contribution >= 4 is 5.91 Å². The highest BCUT2D eigenvalue weighted by molar-refractivity contribution is 5.94. The van der Waals surface area contributed by atoms with Crippen LogP contribution in [0.1, 0.15) is 48.3 Å². The van der Waals surface area contributed by atoms with Crippen LogP contribution in [0.25, 0.3) is 0 Å². The maximum absolute atomic E-state index is 12.6. The van der Waals surface area contributed by atoms with E-state index in [0.29, 0.717) is 11.5 Å². The number of aromatic nitrogens is 4. The van der Waals surface area contributed by atoms with E-state index in [0.717, 1.165) is 44.1 Å². The van der Waals surface area contributed by atoms with Gasteiger partial charge in [-0.05, 0) is 18.4 Å². The van der Waals surface area contributed by atoms with Gasteiger partial charge in [-0.2, -0.15) is 0 Å². The van der Waals surface area contributed by atoms with Gasteiger partial charge < -0.3 is 20.2 Å². The number of carbonyl (C=O) groups excluding carboxylic acids is 1. The van der Waals surface area contributed by atoms with Gasteiger partial charge in [-0.15, -0.1) is 10.2 Å². The molecule has 0 radical (unpaired) electrons. The van der Waals surface area contributed by atoms with Crippen LogP contribution in [0.5, 0.6) is 0 Å². The molecule has 0 unspecified atom stereocenters. The number of nitrogens with one attached hydrogen (secondary N) is 3. The third-order valence-electron chi connectivity index (χ3n) is 4.26. The monoisotopic (exact) mass is 344 g/mol. The number of hydrogen-bond donors (Lipinski definition) is 3. The summed E-state index contributed by atoms with van der Waals surface area (Å²) >= 11 is 0. The van der Waals surface area contributed by atoms with E-state index in [4.69, 9.17) is 0 Å². The molecule has 1 aliphatic rings. The number of rotatable bonds is 5. The lowest BCUT2D eigenvalue weighted by Crippen LogP contribution is -2.32. The second-order valence-electron chi connectivity index (χ2n) is 6.72. The fourth-order valence-corrected chi connectivity index (χ4v) is 3.05. The fourth-order valence-electron chi connectivity index (χ4n) is 3.05. The van der Waals surface area contributed by atoms with Crippen molar-refractivity contribution in [3.63, 3.8) is 0 Å². The Labute approximate surface area is 146 Å². The van der Waals surface area contributed by atoms with Gasteiger partial charge in [0.25, 0.3) is 5.91 Å². The average Bonchev–Trinajstić information content (AvgIpc) is 2.83. The molecule has 2 aromatic heterocycles. The predicted octanol–water partition coefficient (Wildman–Crippen LogP) is 0.629. The SMILES string of the molecule is CC(C)C[C@@H](NC(=O)c1ccc(=O)[nH]c1)c1nnc2n1CCNCC2. The number of pyridine rings is 1. The van der Waals surface area contributed by atoms with Gasteiger partial charge in [0.05, 0.1) is 11.6 Å². The van der Waals surface area contributed by atoms with Crippen molar-refractivity contribution in [1.82, 2.24) is 30.4 Å². The van der Waals surface area contributed by atoms with Crippen LogP contribution in [0, 0.1) is 5.92 Å². The van der Waals surface area contributed by atoms with E-state index in [1.807, 2.05) is 0 Å². The third-order valence-corrected chi connectivity index (χ3v) is 4.26. The van der Waals surface area contributed by atoms with Crippen LogP contribution < -0.4 is 16.2 Å². The van der Waals surface area contributed by atoms with E-state index in [1.165, 1.54) is 18.3 Å². The highest BCUT2D eigenvalue weighted by atomic mass is 16.2. The second kappa shape index (κ2) is 7.60. The van der Waals surface area contributed by atoms with E-state index in [-0.39, 0.29) is 17.5 Å². The molecule has 2 aromatic rings. The lowest BCUT2D eigenvalue weighted by atomic mass is 10.0. The smallest absolute Gasteiger partial charge is 0.253 e. The zero-order valence-corrected chi connectivity index (χ0v) is 14.6. The molecule has 3 heterocycles. The van der Waals surface area contributed by atoms with Crippen molar-refractivity contribution in [3.8, 4) is 0 Å². The molecule has 1 aliphatic heterocycles. The minimum Gasteiger partial charge on any atom is -0.342 e. The van der Waals surface area contributed by atoms with Gasteiger partial charge in [-0.1, -0.05) is 13.8 Å². The Kier molecular flexibility index (Phi) is 5.28. The normalized spacial score (nSPS) is 15.5. The summed E-state index contributed by atoms with van der Waals surface area (Å²) in [7, 11) is 0. The zero-order chi connectivity index (χ0) is 17.8. The van der Waals surface area contributed by atoms with E-state index in [1.54, 1.807) is 0 Å². The Morgan fingerprint density at radius 2 is 2.16 bits per heavy atom. The molecule has 0 aliphatic carbocycles. The molecule has 0 saturated carbocycles. The summed E-state index contributed by atoms with van der Waals surface area (Å²) < 4.78 is 2.11. The molecule has 3 rings (SSSR count). The number of carbonyl (C=O) groups is 1. The van der Waals surface area contributed by atoms with E-state index < -0.39 is 0 Å². The van der Waals surface area contributed by atoms with Gasteiger partial charge in [0, 0.05) is 38.3 Å². The molecule has 0 bridgehead atoms. The Hall–Kier alpha value is -2.48. The molecule has 0 saturated heterocycles. The summed E-state index contributed by atoms with van der Waals surface area (Å²) in [5.41, 5.74) is 0.191. The van der Waals surface area contributed by atoms with E-state index in [2.05, 4.69) is 44.2 Å². The molecule has 0 fully saturated rings. The Morgan fingerprint density at radius 3 is 2.88 bits per heavy atom. The van der Waals surface area contributed by atoms with Crippen molar-refractivity contribution in [1.29, 1.82) is 0 Å². The average molecular weight is 344 g/mol. The van der Waals surface area contributed by atoms with Crippen molar-refractivity contribution in [2.75, 3.05) is 13.1 Å². The van der Waals surface area contributed by atoms with Crippen LogP contribution in [-0.4, -0.2) is 38.7 Å². The fraction of sp³-hybridized carbons (Fsp3) is 0.529. The Morgan fingerprint density at radius 1 is 1.32 bits per heavy atom. The van der Waals surface area contributed by atoms with Gasteiger partial charge in [0.2, 0.25) is 5.56 Å². The Bertz CT molecular complexity index is 774. The maximum atomic E-state index is 12.6. The first kappa shape index (κ1) is 17.3. The zero-order valence-electron chi connectivity index (χ0n) is 14.6. The molecular weight excluding hydrogens is 320 g/mol. The summed E-state index contributed by atoms with van der Waals surface area (Å²) in [4.78, 5) is 26.3. The summed E-state index contributed by atoms with van der Waals surface area (Å²) in [5.74, 6) is 1.90. The summed E-state index contributed by atoms with van der Waals surface area (Å²) in [6.45, 7) is 6.76. The highest BCUT2D eigenvalue weighted by Gasteiger charge is 2.25. The highest BCUT2D eigenvalue weighted by Crippen LogP contribution is 2.22. The van der Waals surface area contributed by atoms with E-state index in [9.17, 15) is 9.59 Å². The quantitative estimate of drug-likeness (QED) is 0.738. The topological polar surface area (TPSA) is 105 Å². The van der Waals surface area contributed by atoms with Gasteiger partial charge in [-0.25, -0.2) is 0 Å². The van der Waals surface area contributed by atoms with Gasteiger partial charge in [-0.3, -0.25) is 9.59 Å². The second-order valence-corrected chi connectivity index (χ2v) is 6.72. The number of H-pyrrole nitrogens is 1. The maximum Gasteiger partial charge on any atom is 0.253 e. The summed E-state index contributed by atoms with van der Waals surface area (Å²) in [5, 5.41) is 15.1. The molecule has 0 aromatic carbocycles. The molecule has 1 amide bonds. The number of aromatic amines is 1. The van der Waals surface area contributed by atoms with Crippen molar-refractivity contribution in [2.45, 2.75) is 39.3 Å². The van der Waals surface area contributed by atoms with Crippen LogP contribution in [0.3, 0.4) is 0 Å². The summed E-state index contributed by atoms with van der Waals surface area (Å²) in [6.07, 6.45) is 3.02. The van der Waals surface area contributed by atoms with Gasteiger partial charge in [0.1, 0.15) is 5.82 Å². The lowest BCUT2D eigenvalue weighted by Gasteiger charge is -2.21. The van der Waals surface area contributed by atoms with Crippen molar-refractivity contribution in [2.24, 2.45) is 5.92 Å². The van der Waals surface area contributed by atoms with Crippen molar-refractivity contribution < 1.29 is 4.79 Å². The first-order chi connectivity index (χ1) is 12.0. The number of amides is 1. The molecule has 0 spiro atoms. The lowest BCUT2D eigenvalue weighted by molar-refractivity contribution is 0.0928. The van der Waals surface area contributed by atoms with Gasteiger partial charge >= 0.3 is 0 Å². The standard InChI is InChI=1S/C17H24N6O2/c1-11(2)9-13(20-17(25)12-3-4-15(24)19-10-12)16-22-21-14-5-6-18-7-8-23(14)16/h3-4,10-11,13,18H,5-9H2,1-2H3,(H,19,24)(H,20,25)/t13-/m1/s1. The first-order valence-corrected chi connectivity index (χ1v) is 8.67. The molecule has 8 nitrogen and oxygen atoms in total. The number of nitrogens with zero attached hydrogens (tertiary/aromatic N) is 3. The minimum absolute atomic E-state index is 0.223. The molecule has 1 atom stereocenters. The predicted molar refractivity (Wildman–Crippen MR) is 93.3 cm³/mol. The Balaban J connectivity index is 1.85. The minimum atomic E-state index is -0.231. The molecule has 8 heteroatoms. The van der Waals surface area contributed by atoms with Crippen LogP contribution in [0.4, 0.5) is 0 Å².